The second kappa shape index (κ2) is 12.1. The van der Waals surface area contributed by atoms with Crippen LogP contribution in [0.15, 0.2) is 61.1 Å². The SMILES string of the molecule is C[C@@H](Oc1cc(-n2cnc3cc(-c4ccn(C)n4)ccc32)sc1C(N)=O)c1cccc(OCCN2CCOCC2)c1Cl. The van der Waals surface area contributed by atoms with Crippen molar-refractivity contribution in [2.45, 2.75) is 13.0 Å². The molecule has 1 aliphatic rings. The number of aryl methyl sites for hydroxylation is 1. The molecule has 1 aliphatic heterocycles. The summed E-state index contributed by atoms with van der Waals surface area (Å²) in [6.45, 7) is 6.47. The number of hydrogen-bond donors (Lipinski definition) is 1. The van der Waals surface area contributed by atoms with Crippen LogP contribution in [0, 0.1) is 0 Å². The Morgan fingerprint density at radius 3 is 2.76 bits per heavy atom. The van der Waals surface area contributed by atoms with Crippen molar-refractivity contribution in [3.05, 3.63) is 76.5 Å². The highest BCUT2D eigenvalue weighted by molar-refractivity contribution is 7.16. The maximum Gasteiger partial charge on any atom is 0.262 e. The van der Waals surface area contributed by atoms with Crippen molar-refractivity contribution >= 4 is 39.9 Å². The Labute approximate surface area is 252 Å². The summed E-state index contributed by atoms with van der Waals surface area (Å²) in [4.78, 5) is 19.6. The lowest BCUT2D eigenvalue weighted by Gasteiger charge is -2.26. The van der Waals surface area contributed by atoms with E-state index in [2.05, 4.69) is 15.0 Å². The smallest absolute Gasteiger partial charge is 0.262 e. The normalized spacial score (nSPS) is 14.7. The third kappa shape index (κ3) is 5.86. The zero-order chi connectivity index (χ0) is 29.2. The van der Waals surface area contributed by atoms with Gasteiger partial charge in [-0.25, -0.2) is 4.98 Å². The fraction of sp³-hybridized carbons (Fsp3) is 0.300. The van der Waals surface area contributed by atoms with Crippen LogP contribution >= 0.6 is 22.9 Å². The Hall–Kier alpha value is -3.90. The number of primary amides is 1. The van der Waals surface area contributed by atoms with Gasteiger partial charge in [0.1, 0.15) is 40.4 Å². The molecule has 0 saturated carbocycles. The molecular weight excluding hydrogens is 576 g/mol. The number of halogens is 1. The Morgan fingerprint density at radius 2 is 2.00 bits per heavy atom. The van der Waals surface area contributed by atoms with Crippen LogP contribution in [-0.4, -0.2) is 69.6 Å². The first kappa shape index (κ1) is 28.2. The zero-order valence-electron chi connectivity index (χ0n) is 23.3. The molecular formula is C30H31ClN6O4S. The fourth-order valence-corrected chi connectivity index (χ4v) is 6.23. The lowest BCUT2D eigenvalue weighted by molar-refractivity contribution is 0.0322. The summed E-state index contributed by atoms with van der Waals surface area (Å²) in [7, 11) is 1.89. The number of nitrogens with two attached hydrogens (primary N) is 1. The maximum atomic E-state index is 12.4. The van der Waals surface area contributed by atoms with Gasteiger partial charge in [-0.2, -0.15) is 5.10 Å². The van der Waals surface area contributed by atoms with E-state index >= 15 is 0 Å². The third-order valence-corrected chi connectivity index (χ3v) is 8.74. The number of rotatable bonds is 10. The van der Waals surface area contributed by atoms with E-state index < -0.39 is 12.0 Å². The monoisotopic (exact) mass is 606 g/mol. The van der Waals surface area contributed by atoms with Crippen LogP contribution in [-0.2, 0) is 11.8 Å². The number of amides is 1. The van der Waals surface area contributed by atoms with E-state index in [1.807, 2.05) is 73.3 Å². The van der Waals surface area contributed by atoms with Gasteiger partial charge < -0.3 is 19.9 Å². The summed E-state index contributed by atoms with van der Waals surface area (Å²) >= 11 is 8.01. The molecule has 4 heterocycles. The van der Waals surface area contributed by atoms with Gasteiger partial charge in [0.05, 0.1) is 35.0 Å². The Morgan fingerprint density at radius 1 is 1.17 bits per heavy atom. The quantitative estimate of drug-likeness (QED) is 0.236. The summed E-state index contributed by atoms with van der Waals surface area (Å²) in [5.41, 5.74) is 10.0. The third-order valence-electron chi connectivity index (χ3n) is 7.21. The van der Waals surface area contributed by atoms with Gasteiger partial charge in [-0.1, -0.05) is 29.8 Å². The van der Waals surface area contributed by atoms with Crippen LogP contribution in [0.2, 0.25) is 5.02 Å². The van der Waals surface area contributed by atoms with Gasteiger partial charge in [-0.05, 0) is 31.2 Å². The molecule has 0 spiro atoms. The standard InChI is InChI=1S/C30H31ClN6O4S/c1-19(21-4-3-5-25(28(21)31)40-15-12-36-10-13-39-14-11-36)41-26-17-27(42-29(26)30(32)38)37-18-33-23-16-20(6-7-24(23)37)22-8-9-35(2)34-22/h3-9,16-19H,10-15H2,1-2H3,(H2,32,38)/t19-/m1/s1. The van der Waals surface area contributed by atoms with E-state index in [9.17, 15) is 4.79 Å². The topological polar surface area (TPSA) is 110 Å². The summed E-state index contributed by atoms with van der Waals surface area (Å²) in [5, 5.41) is 5.71. The maximum absolute atomic E-state index is 12.4. The van der Waals surface area contributed by atoms with Crippen LogP contribution in [0.1, 0.15) is 28.3 Å². The molecule has 6 rings (SSSR count). The second-order valence-corrected chi connectivity index (χ2v) is 11.5. The molecule has 2 N–H and O–H groups in total. The largest absolute Gasteiger partial charge is 0.491 e. The van der Waals surface area contributed by atoms with Gasteiger partial charge in [-0.3, -0.25) is 18.9 Å². The average Bonchev–Trinajstić information content (AvgIpc) is 3.72. The van der Waals surface area contributed by atoms with Crippen LogP contribution in [0.4, 0.5) is 0 Å². The van der Waals surface area contributed by atoms with Crippen molar-refractivity contribution in [1.29, 1.82) is 0 Å². The molecule has 1 fully saturated rings. The van der Waals surface area contributed by atoms with E-state index in [0.717, 1.165) is 65.7 Å². The highest BCUT2D eigenvalue weighted by atomic mass is 35.5. The predicted octanol–water partition coefficient (Wildman–Crippen LogP) is 5.09. The van der Waals surface area contributed by atoms with Crippen molar-refractivity contribution in [2.24, 2.45) is 12.8 Å². The number of carbonyl (C=O) groups is 1. The molecule has 2 aromatic carbocycles. The molecule has 1 saturated heterocycles. The minimum Gasteiger partial charge on any atom is -0.491 e. The summed E-state index contributed by atoms with van der Waals surface area (Å²) in [5.74, 6) is 0.409. The molecule has 0 bridgehead atoms. The van der Waals surface area contributed by atoms with E-state index in [-0.39, 0.29) is 0 Å². The Balaban J connectivity index is 1.21. The number of aromatic nitrogens is 4. The van der Waals surface area contributed by atoms with Crippen LogP contribution in [0.3, 0.4) is 0 Å². The van der Waals surface area contributed by atoms with Crippen molar-refractivity contribution in [2.75, 3.05) is 39.5 Å². The molecule has 10 nitrogen and oxygen atoms in total. The number of fused-ring (bicyclic) bond motifs is 1. The predicted molar refractivity (Wildman–Crippen MR) is 163 cm³/mol. The number of morpholine rings is 1. The van der Waals surface area contributed by atoms with Crippen LogP contribution < -0.4 is 15.2 Å². The molecule has 0 aliphatic carbocycles. The number of benzene rings is 2. The minimum absolute atomic E-state index is 0.317. The first-order valence-corrected chi connectivity index (χ1v) is 14.9. The van der Waals surface area contributed by atoms with Crippen LogP contribution in [0.5, 0.6) is 11.5 Å². The number of hydrogen-bond acceptors (Lipinski definition) is 8. The van der Waals surface area contributed by atoms with Crippen molar-refractivity contribution in [3.63, 3.8) is 0 Å². The highest BCUT2D eigenvalue weighted by Gasteiger charge is 2.22. The van der Waals surface area contributed by atoms with E-state index in [1.54, 1.807) is 11.0 Å². The van der Waals surface area contributed by atoms with Gasteiger partial charge in [-0.15, -0.1) is 11.3 Å². The molecule has 0 unspecified atom stereocenters. The lowest BCUT2D eigenvalue weighted by Crippen LogP contribution is -2.38. The molecule has 12 heteroatoms. The van der Waals surface area contributed by atoms with Crippen LogP contribution in [0.25, 0.3) is 27.3 Å². The van der Waals surface area contributed by atoms with E-state index in [1.165, 1.54) is 11.3 Å². The molecule has 0 radical (unpaired) electrons. The number of nitrogens with zero attached hydrogens (tertiary/aromatic N) is 5. The summed E-state index contributed by atoms with van der Waals surface area (Å²) in [6.07, 6.45) is 3.16. The van der Waals surface area contributed by atoms with E-state index in [4.69, 9.17) is 31.5 Å². The molecule has 3 aromatic heterocycles. The summed E-state index contributed by atoms with van der Waals surface area (Å²) in [6, 6.07) is 15.4. The van der Waals surface area contributed by atoms with Gasteiger partial charge in [0.15, 0.2) is 0 Å². The molecule has 5 aromatic rings. The molecule has 218 valence electrons. The Bertz CT molecular complexity index is 1720. The van der Waals surface area contributed by atoms with Gasteiger partial charge in [0.25, 0.3) is 5.91 Å². The first-order chi connectivity index (χ1) is 20.4. The number of imidazole rings is 1. The van der Waals surface area contributed by atoms with Gasteiger partial charge in [0.2, 0.25) is 0 Å². The lowest BCUT2D eigenvalue weighted by atomic mass is 10.1. The number of ether oxygens (including phenoxy) is 3. The van der Waals surface area contributed by atoms with Gasteiger partial charge in [0, 0.05) is 50.1 Å². The second-order valence-electron chi connectivity index (χ2n) is 10.1. The highest BCUT2D eigenvalue weighted by Crippen LogP contribution is 2.39. The average molecular weight is 607 g/mol. The fourth-order valence-electron chi connectivity index (χ4n) is 4.97. The summed E-state index contributed by atoms with van der Waals surface area (Å²) < 4.78 is 21.4. The van der Waals surface area contributed by atoms with Gasteiger partial charge >= 0.3 is 0 Å². The number of carbonyl (C=O) groups excluding carboxylic acids is 1. The van der Waals surface area contributed by atoms with Crippen molar-refractivity contribution in [1.82, 2.24) is 24.2 Å². The molecule has 42 heavy (non-hydrogen) atoms. The minimum atomic E-state index is -0.568. The molecule has 1 atom stereocenters. The molecule has 1 amide bonds. The van der Waals surface area contributed by atoms with E-state index in [0.29, 0.717) is 28.0 Å². The zero-order valence-corrected chi connectivity index (χ0v) is 24.9. The van der Waals surface area contributed by atoms with Crippen molar-refractivity contribution < 1.29 is 19.0 Å². The first-order valence-electron chi connectivity index (χ1n) is 13.7. The van der Waals surface area contributed by atoms with Crippen molar-refractivity contribution in [3.8, 4) is 27.8 Å². The number of thiophene rings is 1. The Kier molecular flexibility index (Phi) is 8.16.